The monoisotopic (exact) mass is 427 g/mol. The second-order valence-electron chi connectivity index (χ2n) is 6.71. The first kappa shape index (κ1) is 21.5. The molecule has 0 saturated heterocycles. The van der Waals surface area contributed by atoms with Gasteiger partial charge in [0.05, 0.1) is 38.5 Å². The van der Waals surface area contributed by atoms with Crippen molar-refractivity contribution in [2.75, 3.05) is 25.6 Å². The third-order valence-electron chi connectivity index (χ3n) is 4.71. The molecule has 3 rings (SSSR count). The van der Waals surface area contributed by atoms with Crippen LogP contribution in [0.15, 0.2) is 71.6 Å². The molecule has 0 amide bonds. The van der Waals surface area contributed by atoms with Gasteiger partial charge in [0, 0.05) is 6.07 Å². The lowest BCUT2D eigenvalue weighted by Gasteiger charge is -2.27. The molecule has 0 saturated carbocycles. The molecule has 0 aliphatic heterocycles. The first-order valence-electron chi connectivity index (χ1n) is 9.33. The smallest absolute Gasteiger partial charge is 0.264 e. The number of sulfonamides is 1. The maximum Gasteiger partial charge on any atom is 0.264 e. The van der Waals surface area contributed by atoms with Crippen molar-refractivity contribution in [2.45, 2.75) is 18.4 Å². The SMILES string of the molecule is COc1ccc(S(=O)(=O)N(Cc2cccc(C)c2)c2cc(OC)ccc2OC)cc1. The molecule has 3 aromatic carbocycles. The van der Waals surface area contributed by atoms with Crippen molar-refractivity contribution in [3.05, 3.63) is 77.9 Å². The molecule has 0 aliphatic rings. The van der Waals surface area contributed by atoms with Crippen LogP contribution in [0.1, 0.15) is 11.1 Å². The molecule has 158 valence electrons. The minimum Gasteiger partial charge on any atom is -0.497 e. The van der Waals surface area contributed by atoms with Crippen molar-refractivity contribution in [2.24, 2.45) is 0 Å². The molecule has 6 nitrogen and oxygen atoms in total. The molecule has 0 aliphatic carbocycles. The van der Waals surface area contributed by atoms with Crippen molar-refractivity contribution in [1.82, 2.24) is 0 Å². The Morgan fingerprint density at radius 3 is 2.07 bits per heavy atom. The van der Waals surface area contributed by atoms with Gasteiger partial charge >= 0.3 is 0 Å². The van der Waals surface area contributed by atoms with Gasteiger partial charge in [0.2, 0.25) is 0 Å². The Morgan fingerprint density at radius 1 is 0.800 bits per heavy atom. The molecule has 3 aromatic rings. The lowest BCUT2D eigenvalue weighted by atomic mass is 10.1. The van der Waals surface area contributed by atoms with Crippen molar-refractivity contribution in [1.29, 1.82) is 0 Å². The molecule has 0 atom stereocenters. The molecule has 30 heavy (non-hydrogen) atoms. The summed E-state index contributed by atoms with van der Waals surface area (Å²) in [7, 11) is 0.677. The standard InChI is InChI=1S/C23H25NO5S/c1-17-6-5-7-18(14-17)16-24(22-15-20(28-3)10-13-23(22)29-4)30(25,26)21-11-8-19(27-2)9-12-21/h5-15H,16H2,1-4H3. The van der Waals surface area contributed by atoms with Gasteiger partial charge < -0.3 is 14.2 Å². The second-order valence-corrected chi connectivity index (χ2v) is 8.58. The minimum absolute atomic E-state index is 0.138. The molecule has 0 fully saturated rings. The van der Waals surface area contributed by atoms with Crippen LogP contribution in [0.4, 0.5) is 5.69 Å². The minimum atomic E-state index is -3.91. The molecule has 0 spiro atoms. The molecule has 0 bridgehead atoms. The summed E-state index contributed by atoms with van der Waals surface area (Å²) in [4.78, 5) is 0.154. The number of anilines is 1. The van der Waals surface area contributed by atoms with Crippen molar-refractivity contribution in [3.8, 4) is 17.2 Å². The van der Waals surface area contributed by atoms with Gasteiger partial charge in [-0.2, -0.15) is 0 Å². The van der Waals surface area contributed by atoms with Crippen molar-refractivity contribution >= 4 is 15.7 Å². The summed E-state index contributed by atoms with van der Waals surface area (Å²) in [5.74, 6) is 1.55. The van der Waals surface area contributed by atoms with Crippen LogP contribution in [0.2, 0.25) is 0 Å². The van der Waals surface area contributed by atoms with E-state index in [1.807, 2.05) is 31.2 Å². The van der Waals surface area contributed by atoms with E-state index in [0.29, 0.717) is 22.9 Å². The fourth-order valence-electron chi connectivity index (χ4n) is 3.14. The van der Waals surface area contributed by atoms with Gasteiger partial charge in [0.25, 0.3) is 10.0 Å². The van der Waals surface area contributed by atoms with Crippen LogP contribution in [0, 0.1) is 6.92 Å². The van der Waals surface area contributed by atoms with E-state index in [4.69, 9.17) is 14.2 Å². The number of methoxy groups -OCH3 is 3. The van der Waals surface area contributed by atoms with Crippen molar-refractivity contribution in [3.63, 3.8) is 0 Å². The Morgan fingerprint density at radius 2 is 1.47 bits per heavy atom. The summed E-state index contributed by atoms with van der Waals surface area (Å²) in [6.07, 6.45) is 0. The van der Waals surface area contributed by atoms with Gasteiger partial charge in [-0.25, -0.2) is 8.42 Å². The normalized spacial score (nSPS) is 11.1. The summed E-state index contributed by atoms with van der Waals surface area (Å²) < 4.78 is 44.7. The summed E-state index contributed by atoms with van der Waals surface area (Å²) >= 11 is 0. The average molecular weight is 428 g/mol. The zero-order valence-corrected chi connectivity index (χ0v) is 18.3. The van der Waals surface area contributed by atoms with Gasteiger partial charge in [-0.3, -0.25) is 4.31 Å². The molecule has 0 aromatic heterocycles. The molecular formula is C23H25NO5S. The largest absolute Gasteiger partial charge is 0.497 e. The molecule has 7 heteroatoms. The molecule has 0 radical (unpaired) electrons. The number of benzene rings is 3. The molecule has 0 unspecified atom stereocenters. The first-order valence-corrected chi connectivity index (χ1v) is 10.8. The summed E-state index contributed by atoms with van der Waals surface area (Å²) in [6, 6.07) is 19.1. The molecule has 0 heterocycles. The van der Waals surface area contributed by atoms with Gasteiger partial charge in [0.1, 0.15) is 17.2 Å². The third-order valence-corrected chi connectivity index (χ3v) is 6.48. The third kappa shape index (κ3) is 4.52. The number of rotatable bonds is 8. The Bertz CT molecular complexity index is 1110. The van der Waals surface area contributed by atoms with Gasteiger partial charge in [-0.05, 0) is 48.9 Å². The van der Waals surface area contributed by atoms with Gasteiger partial charge in [0.15, 0.2) is 0 Å². The van der Waals surface area contributed by atoms with Crippen LogP contribution in [-0.4, -0.2) is 29.7 Å². The summed E-state index contributed by atoms with van der Waals surface area (Å²) in [5.41, 5.74) is 2.30. The maximum atomic E-state index is 13.7. The second kappa shape index (κ2) is 9.09. The predicted octanol–water partition coefficient (Wildman–Crippen LogP) is 4.42. The Balaban J connectivity index is 2.16. The van der Waals surface area contributed by atoms with Crippen molar-refractivity contribution < 1.29 is 22.6 Å². The average Bonchev–Trinajstić information content (AvgIpc) is 2.77. The van der Waals surface area contributed by atoms with Crippen LogP contribution < -0.4 is 18.5 Å². The van der Waals surface area contributed by atoms with Crippen LogP contribution >= 0.6 is 0 Å². The van der Waals surface area contributed by atoms with E-state index in [9.17, 15) is 8.42 Å². The highest BCUT2D eigenvalue weighted by Crippen LogP contribution is 2.37. The van der Waals surface area contributed by atoms with E-state index >= 15 is 0 Å². The number of aryl methyl sites for hydroxylation is 1. The summed E-state index contributed by atoms with van der Waals surface area (Å²) in [5, 5.41) is 0. The fraction of sp³-hybridized carbons (Fsp3) is 0.217. The molecular weight excluding hydrogens is 402 g/mol. The van der Waals surface area contributed by atoms with Crippen LogP contribution in [0.5, 0.6) is 17.2 Å². The Kier molecular flexibility index (Phi) is 6.52. The Labute approximate surface area is 177 Å². The molecule has 0 N–H and O–H groups in total. The fourth-order valence-corrected chi connectivity index (χ4v) is 4.60. The number of nitrogens with zero attached hydrogens (tertiary/aromatic N) is 1. The quantitative estimate of drug-likeness (QED) is 0.533. The number of ether oxygens (including phenoxy) is 3. The predicted molar refractivity (Wildman–Crippen MR) is 117 cm³/mol. The summed E-state index contributed by atoms with van der Waals surface area (Å²) in [6.45, 7) is 2.11. The van der Waals surface area contributed by atoms with E-state index in [2.05, 4.69) is 0 Å². The van der Waals surface area contributed by atoms with E-state index in [1.165, 1.54) is 37.8 Å². The highest BCUT2D eigenvalue weighted by atomic mass is 32.2. The van der Waals surface area contributed by atoms with E-state index in [-0.39, 0.29) is 11.4 Å². The zero-order chi connectivity index (χ0) is 21.7. The number of hydrogen-bond donors (Lipinski definition) is 0. The van der Waals surface area contributed by atoms with Crippen LogP contribution in [0.3, 0.4) is 0 Å². The van der Waals surface area contributed by atoms with E-state index in [0.717, 1.165) is 11.1 Å². The number of hydrogen-bond acceptors (Lipinski definition) is 5. The Hall–Kier alpha value is -3.19. The lowest BCUT2D eigenvalue weighted by molar-refractivity contribution is 0.403. The van der Waals surface area contributed by atoms with Gasteiger partial charge in [-0.1, -0.05) is 29.8 Å². The highest BCUT2D eigenvalue weighted by Gasteiger charge is 2.28. The van der Waals surface area contributed by atoms with Gasteiger partial charge in [-0.15, -0.1) is 0 Å². The zero-order valence-electron chi connectivity index (χ0n) is 17.5. The topological polar surface area (TPSA) is 65.1 Å². The van der Waals surface area contributed by atoms with E-state index < -0.39 is 10.0 Å². The lowest BCUT2D eigenvalue weighted by Crippen LogP contribution is -2.31. The maximum absolute atomic E-state index is 13.7. The van der Waals surface area contributed by atoms with Crippen LogP contribution in [-0.2, 0) is 16.6 Å². The van der Waals surface area contributed by atoms with Crippen LogP contribution in [0.25, 0.3) is 0 Å². The first-order chi connectivity index (χ1) is 14.4. The van der Waals surface area contributed by atoms with E-state index in [1.54, 1.807) is 30.3 Å². The highest BCUT2D eigenvalue weighted by molar-refractivity contribution is 7.92.